The summed E-state index contributed by atoms with van der Waals surface area (Å²) in [6.45, 7) is 2.02. The van der Waals surface area contributed by atoms with Crippen LogP contribution in [0.2, 0.25) is 0 Å². The molecular formula is C18H20O2. The summed E-state index contributed by atoms with van der Waals surface area (Å²) in [6.07, 6.45) is 1.38. The minimum absolute atomic E-state index is 0.107. The van der Waals surface area contributed by atoms with E-state index in [1.807, 2.05) is 55.5 Å². The van der Waals surface area contributed by atoms with Crippen molar-refractivity contribution in [3.05, 3.63) is 71.8 Å². The van der Waals surface area contributed by atoms with Gasteiger partial charge in [0.2, 0.25) is 0 Å². The summed E-state index contributed by atoms with van der Waals surface area (Å²) in [5.74, 6) is -0.954. The number of benzene rings is 2. The van der Waals surface area contributed by atoms with E-state index in [9.17, 15) is 9.90 Å². The molecule has 2 atom stereocenters. The van der Waals surface area contributed by atoms with Crippen molar-refractivity contribution >= 4 is 5.97 Å². The van der Waals surface area contributed by atoms with Crippen molar-refractivity contribution < 1.29 is 9.90 Å². The van der Waals surface area contributed by atoms with Gasteiger partial charge in [0.25, 0.3) is 0 Å². The first-order valence-corrected chi connectivity index (χ1v) is 6.97. The monoisotopic (exact) mass is 268 g/mol. The third-order valence-corrected chi connectivity index (χ3v) is 3.70. The Morgan fingerprint density at radius 2 is 1.35 bits per heavy atom. The molecule has 2 unspecified atom stereocenters. The topological polar surface area (TPSA) is 37.3 Å². The Bertz CT molecular complexity index is 534. The first-order chi connectivity index (χ1) is 9.66. The number of hydrogen-bond donors (Lipinski definition) is 1. The molecule has 0 aliphatic carbocycles. The zero-order valence-electron chi connectivity index (χ0n) is 11.7. The molecule has 2 rings (SSSR count). The van der Waals surface area contributed by atoms with Gasteiger partial charge >= 0.3 is 5.97 Å². The molecule has 0 aliphatic rings. The number of carboxylic acid groups (broad SMARTS) is 1. The standard InChI is InChI=1S/C18H20O2/c1-14(12-15-8-4-2-5-9-15)17(18(19)20)13-16-10-6-3-7-11-16/h2-11,14,17H,12-13H2,1H3,(H,19,20). The predicted molar refractivity (Wildman–Crippen MR) is 80.6 cm³/mol. The van der Waals surface area contributed by atoms with E-state index in [0.717, 1.165) is 12.0 Å². The van der Waals surface area contributed by atoms with Crippen molar-refractivity contribution in [1.29, 1.82) is 0 Å². The van der Waals surface area contributed by atoms with E-state index in [1.165, 1.54) is 5.56 Å². The van der Waals surface area contributed by atoms with Crippen LogP contribution in [0.4, 0.5) is 0 Å². The van der Waals surface area contributed by atoms with Gasteiger partial charge in [-0.3, -0.25) is 4.79 Å². The van der Waals surface area contributed by atoms with Crippen molar-refractivity contribution in [2.24, 2.45) is 11.8 Å². The quantitative estimate of drug-likeness (QED) is 0.865. The van der Waals surface area contributed by atoms with Crippen LogP contribution in [0.3, 0.4) is 0 Å². The van der Waals surface area contributed by atoms with Gasteiger partial charge in [-0.1, -0.05) is 67.6 Å². The number of carboxylic acids is 1. The molecule has 0 aromatic heterocycles. The van der Waals surface area contributed by atoms with Crippen molar-refractivity contribution in [3.63, 3.8) is 0 Å². The van der Waals surface area contributed by atoms with Crippen LogP contribution in [0.15, 0.2) is 60.7 Å². The lowest BCUT2D eigenvalue weighted by atomic mass is 9.84. The van der Waals surface area contributed by atoms with E-state index >= 15 is 0 Å². The first kappa shape index (κ1) is 14.3. The molecule has 0 saturated heterocycles. The lowest BCUT2D eigenvalue weighted by molar-refractivity contribution is -0.143. The van der Waals surface area contributed by atoms with E-state index in [2.05, 4.69) is 12.1 Å². The third-order valence-electron chi connectivity index (χ3n) is 3.70. The van der Waals surface area contributed by atoms with Gasteiger partial charge in [0.1, 0.15) is 0 Å². The Labute approximate surface area is 120 Å². The third kappa shape index (κ3) is 3.95. The normalized spacial score (nSPS) is 13.7. The summed E-state index contributed by atoms with van der Waals surface area (Å²) in [5, 5.41) is 9.48. The van der Waals surface area contributed by atoms with E-state index in [-0.39, 0.29) is 11.8 Å². The summed E-state index contributed by atoms with van der Waals surface area (Å²) in [7, 11) is 0. The van der Waals surface area contributed by atoms with Gasteiger partial charge in [-0.2, -0.15) is 0 Å². The molecular weight excluding hydrogens is 248 g/mol. The highest BCUT2D eigenvalue weighted by Crippen LogP contribution is 2.22. The summed E-state index contributed by atoms with van der Waals surface area (Å²) in [4.78, 5) is 11.5. The fourth-order valence-corrected chi connectivity index (χ4v) is 2.53. The molecule has 0 bridgehead atoms. The van der Waals surface area contributed by atoms with E-state index < -0.39 is 5.97 Å². The molecule has 2 nitrogen and oxygen atoms in total. The average Bonchev–Trinajstić information content (AvgIpc) is 2.46. The molecule has 0 spiro atoms. The Morgan fingerprint density at radius 1 is 0.900 bits per heavy atom. The molecule has 104 valence electrons. The van der Waals surface area contributed by atoms with Crippen molar-refractivity contribution in [2.45, 2.75) is 19.8 Å². The second kappa shape index (κ2) is 6.90. The SMILES string of the molecule is CC(Cc1ccccc1)C(Cc1ccccc1)C(=O)O. The molecule has 0 radical (unpaired) electrons. The van der Waals surface area contributed by atoms with Gasteiger partial charge in [-0.25, -0.2) is 0 Å². The molecule has 2 heteroatoms. The van der Waals surface area contributed by atoms with Gasteiger partial charge in [-0.05, 0) is 29.9 Å². The second-order valence-electron chi connectivity index (χ2n) is 5.30. The highest BCUT2D eigenvalue weighted by molar-refractivity contribution is 5.70. The van der Waals surface area contributed by atoms with E-state index in [1.54, 1.807) is 0 Å². The highest BCUT2D eigenvalue weighted by atomic mass is 16.4. The molecule has 0 heterocycles. The minimum atomic E-state index is -0.711. The molecule has 20 heavy (non-hydrogen) atoms. The molecule has 2 aromatic carbocycles. The number of aliphatic carboxylic acids is 1. The predicted octanol–water partition coefficient (Wildman–Crippen LogP) is 3.81. The smallest absolute Gasteiger partial charge is 0.307 e. The second-order valence-corrected chi connectivity index (χ2v) is 5.30. The number of rotatable bonds is 6. The van der Waals surface area contributed by atoms with Crippen LogP contribution in [0.5, 0.6) is 0 Å². The summed E-state index contributed by atoms with van der Waals surface area (Å²) < 4.78 is 0. The van der Waals surface area contributed by atoms with Gasteiger partial charge in [0.15, 0.2) is 0 Å². The molecule has 0 fully saturated rings. The highest BCUT2D eigenvalue weighted by Gasteiger charge is 2.25. The molecule has 0 aliphatic heterocycles. The molecule has 2 aromatic rings. The summed E-state index contributed by atoms with van der Waals surface area (Å²) >= 11 is 0. The fraction of sp³-hybridized carbons (Fsp3) is 0.278. The molecule has 0 saturated carbocycles. The Kier molecular flexibility index (Phi) is 4.94. The fourth-order valence-electron chi connectivity index (χ4n) is 2.53. The molecule has 0 amide bonds. The van der Waals surface area contributed by atoms with Crippen molar-refractivity contribution in [2.75, 3.05) is 0 Å². The lowest BCUT2D eigenvalue weighted by Gasteiger charge is -2.20. The largest absolute Gasteiger partial charge is 0.481 e. The van der Waals surface area contributed by atoms with Gasteiger partial charge in [-0.15, -0.1) is 0 Å². The van der Waals surface area contributed by atoms with Crippen LogP contribution in [-0.2, 0) is 17.6 Å². The van der Waals surface area contributed by atoms with Gasteiger partial charge in [0.05, 0.1) is 5.92 Å². The van der Waals surface area contributed by atoms with Gasteiger partial charge in [0, 0.05) is 0 Å². The van der Waals surface area contributed by atoms with Crippen LogP contribution in [0.25, 0.3) is 0 Å². The van der Waals surface area contributed by atoms with E-state index in [4.69, 9.17) is 0 Å². The molecule has 1 N–H and O–H groups in total. The number of hydrogen-bond acceptors (Lipinski definition) is 1. The van der Waals surface area contributed by atoms with Crippen LogP contribution in [-0.4, -0.2) is 11.1 Å². The maximum atomic E-state index is 11.5. The maximum Gasteiger partial charge on any atom is 0.307 e. The van der Waals surface area contributed by atoms with Crippen LogP contribution in [0, 0.1) is 11.8 Å². The Morgan fingerprint density at radius 3 is 1.80 bits per heavy atom. The Balaban J connectivity index is 2.06. The zero-order valence-corrected chi connectivity index (χ0v) is 11.7. The average molecular weight is 268 g/mol. The summed E-state index contributed by atoms with van der Waals surface area (Å²) in [6, 6.07) is 19.9. The minimum Gasteiger partial charge on any atom is -0.481 e. The zero-order chi connectivity index (χ0) is 14.4. The lowest BCUT2D eigenvalue weighted by Crippen LogP contribution is -2.25. The first-order valence-electron chi connectivity index (χ1n) is 6.97. The van der Waals surface area contributed by atoms with Crippen molar-refractivity contribution in [1.82, 2.24) is 0 Å². The van der Waals surface area contributed by atoms with Gasteiger partial charge < -0.3 is 5.11 Å². The maximum absolute atomic E-state index is 11.5. The summed E-state index contributed by atoms with van der Waals surface area (Å²) in [5.41, 5.74) is 2.28. The van der Waals surface area contributed by atoms with E-state index in [0.29, 0.717) is 6.42 Å². The van der Waals surface area contributed by atoms with Crippen LogP contribution in [0.1, 0.15) is 18.1 Å². The Hall–Kier alpha value is -2.09. The number of carbonyl (C=O) groups is 1. The van der Waals surface area contributed by atoms with Crippen LogP contribution < -0.4 is 0 Å². The van der Waals surface area contributed by atoms with Crippen LogP contribution >= 0.6 is 0 Å². The van der Waals surface area contributed by atoms with Crippen molar-refractivity contribution in [3.8, 4) is 0 Å².